The summed E-state index contributed by atoms with van der Waals surface area (Å²) in [7, 11) is -4.26. The maximum absolute atomic E-state index is 11.6. The summed E-state index contributed by atoms with van der Waals surface area (Å²) in [6.45, 7) is 6.95. The molecule has 0 aromatic rings. The minimum atomic E-state index is -4.26. The molecular weight excluding hydrogens is 578 g/mol. The molecule has 0 rings (SSSR count). The van der Waals surface area contributed by atoms with Crippen molar-refractivity contribution in [2.45, 2.75) is 200 Å². The molecule has 0 heterocycles. The summed E-state index contributed by atoms with van der Waals surface area (Å²) in [6, 6.07) is 0. The molecule has 45 heavy (non-hydrogen) atoms. The Morgan fingerprint density at radius 1 is 0.489 bits per heavy atom. The third kappa shape index (κ3) is 31.4. The Morgan fingerprint density at radius 2 is 0.756 bits per heavy atom. The lowest BCUT2D eigenvalue weighted by atomic mass is 10.1. The van der Waals surface area contributed by atoms with E-state index in [0.29, 0.717) is 0 Å². The molecule has 6 heteroatoms. The number of aliphatic hydroxyl groups excluding tert-OH is 1. The van der Waals surface area contributed by atoms with Crippen LogP contribution in [-0.4, -0.2) is 41.0 Å². The molecule has 0 amide bonds. The molecule has 0 radical (unpaired) electrons. The van der Waals surface area contributed by atoms with E-state index >= 15 is 0 Å². The van der Waals surface area contributed by atoms with Crippen molar-refractivity contribution in [2.75, 3.05) is 12.3 Å². The lowest BCUT2D eigenvalue weighted by Gasteiger charge is -2.29. The minimum absolute atomic E-state index is 0.190. The maximum atomic E-state index is 11.6. The van der Waals surface area contributed by atoms with Crippen LogP contribution in [0.5, 0.6) is 0 Å². The van der Waals surface area contributed by atoms with Crippen LogP contribution in [0.25, 0.3) is 0 Å². The van der Waals surface area contributed by atoms with Gasteiger partial charge in [-0.3, -0.25) is 4.55 Å². The zero-order chi connectivity index (χ0) is 33.3. The Morgan fingerprint density at radius 3 is 1.02 bits per heavy atom. The number of hydrogen-bond acceptors (Lipinski definition) is 3. The summed E-state index contributed by atoms with van der Waals surface area (Å²) in [4.78, 5) is 0. The molecule has 0 saturated heterocycles. The quantitative estimate of drug-likeness (QED) is 0.0411. The number of aliphatic hydroxyl groups is 1. The summed E-state index contributed by atoms with van der Waals surface area (Å²) >= 11 is 0. The van der Waals surface area contributed by atoms with E-state index in [-0.39, 0.29) is 11.0 Å². The first kappa shape index (κ1) is 44.0. The Kier molecular flexibility index (Phi) is 31.0. The van der Waals surface area contributed by atoms with E-state index in [1.807, 2.05) is 0 Å². The van der Waals surface area contributed by atoms with Crippen molar-refractivity contribution in [3.8, 4) is 0 Å². The second-order valence-electron chi connectivity index (χ2n) is 13.5. The molecule has 0 fully saturated rings. The average molecular weight is 655 g/mol. The van der Waals surface area contributed by atoms with Crippen molar-refractivity contribution in [3.05, 3.63) is 36.8 Å². The van der Waals surface area contributed by atoms with Crippen LogP contribution in [-0.2, 0) is 10.1 Å². The predicted molar refractivity (Wildman–Crippen MR) is 197 cm³/mol. The fourth-order valence-electron chi connectivity index (χ4n) is 5.99. The molecule has 0 saturated carbocycles. The van der Waals surface area contributed by atoms with Gasteiger partial charge >= 0.3 is 0 Å². The third-order valence-corrected chi connectivity index (χ3v) is 9.56. The molecular formula is C39H76NO4S+. The van der Waals surface area contributed by atoms with Gasteiger partial charge in [0.05, 0.1) is 0 Å². The fraction of sp³-hybridized carbons (Fsp3) is 0.846. The first-order valence-electron chi connectivity index (χ1n) is 19.3. The topological polar surface area (TPSA) is 74.6 Å². The second kappa shape index (κ2) is 31.6. The zero-order valence-electron chi connectivity index (χ0n) is 30.1. The van der Waals surface area contributed by atoms with Gasteiger partial charge in [-0.15, -0.1) is 0 Å². The largest absolute Gasteiger partial charge is 0.386 e. The van der Waals surface area contributed by atoms with Crippen molar-refractivity contribution in [1.82, 2.24) is 0 Å². The Labute approximate surface area is 281 Å². The van der Waals surface area contributed by atoms with Gasteiger partial charge < -0.3 is 5.11 Å². The first-order chi connectivity index (χ1) is 21.8. The Bertz CT molecular complexity index is 747. The molecule has 0 aliphatic carbocycles. The van der Waals surface area contributed by atoms with Gasteiger partial charge in [0.2, 0.25) is 0 Å². The van der Waals surface area contributed by atoms with E-state index in [4.69, 9.17) is 0 Å². The lowest BCUT2D eigenvalue weighted by molar-refractivity contribution is -0.777. The van der Waals surface area contributed by atoms with Crippen molar-refractivity contribution in [2.24, 2.45) is 0 Å². The molecule has 0 aliphatic heterocycles. The number of unbranched alkanes of at least 4 members (excludes halogenated alkanes) is 24. The highest BCUT2D eigenvalue weighted by atomic mass is 32.2. The van der Waals surface area contributed by atoms with Crippen LogP contribution in [0, 0.1) is 0 Å². The number of hydrogen-bond donors (Lipinski definition) is 2. The summed E-state index contributed by atoms with van der Waals surface area (Å²) in [5, 5.41) is 10.7. The van der Waals surface area contributed by atoms with Crippen LogP contribution in [0.3, 0.4) is 0 Å². The summed E-state index contributed by atoms with van der Waals surface area (Å²) in [5.74, 6) is -0.642. The van der Waals surface area contributed by atoms with Gasteiger partial charge in [-0.1, -0.05) is 156 Å². The second-order valence-corrected chi connectivity index (χ2v) is 15.0. The van der Waals surface area contributed by atoms with E-state index in [2.05, 4.69) is 57.6 Å². The van der Waals surface area contributed by atoms with Gasteiger partial charge in [0, 0.05) is 0 Å². The smallest absolute Gasteiger partial charge is 0.267 e. The van der Waals surface area contributed by atoms with Gasteiger partial charge in [-0.25, -0.2) is 4.48 Å². The SMILES string of the molecule is CCCCCCCCCC/C=C/[N+](/C=C/CCCCCCCCCC)(/C=C/CCCCCCCCCC)CC(O)CS(=O)(=O)O. The Hall–Kier alpha value is -0.950. The minimum Gasteiger partial charge on any atom is -0.386 e. The Balaban J connectivity index is 5.30. The van der Waals surface area contributed by atoms with E-state index < -0.39 is 22.0 Å². The van der Waals surface area contributed by atoms with Crippen molar-refractivity contribution >= 4 is 10.1 Å². The van der Waals surface area contributed by atoms with Crippen LogP contribution in [0.4, 0.5) is 0 Å². The molecule has 2 N–H and O–H groups in total. The van der Waals surface area contributed by atoms with Gasteiger partial charge in [-0.05, 0) is 56.8 Å². The van der Waals surface area contributed by atoms with E-state index in [0.717, 1.165) is 38.5 Å². The number of rotatable bonds is 34. The van der Waals surface area contributed by atoms with Gasteiger partial charge in [0.1, 0.15) is 37.0 Å². The molecule has 1 unspecified atom stereocenters. The zero-order valence-corrected chi connectivity index (χ0v) is 30.9. The highest BCUT2D eigenvalue weighted by molar-refractivity contribution is 7.85. The van der Waals surface area contributed by atoms with Crippen LogP contribution < -0.4 is 0 Å². The first-order valence-corrected chi connectivity index (χ1v) is 20.9. The summed E-state index contributed by atoms with van der Waals surface area (Å²) < 4.78 is 32.9. The van der Waals surface area contributed by atoms with Gasteiger partial charge in [-0.2, -0.15) is 8.42 Å². The summed E-state index contributed by atoms with van der Waals surface area (Å²) in [6.07, 6.45) is 45.6. The molecule has 266 valence electrons. The molecule has 0 bridgehead atoms. The lowest BCUT2D eigenvalue weighted by Crippen LogP contribution is -2.41. The van der Waals surface area contributed by atoms with Crippen LogP contribution in [0.1, 0.15) is 194 Å². The normalized spacial score (nSPS) is 13.6. The van der Waals surface area contributed by atoms with Gasteiger partial charge in [0.15, 0.2) is 0 Å². The highest BCUT2D eigenvalue weighted by Crippen LogP contribution is 2.19. The molecule has 1 atom stereocenters. The molecule has 0 aromatic heterocycles. The van der Waals surface area contributed by atoms with E-state index in [9.17, 15) is 18.1 Å². The number of quaternary nitrogens is 1. The van der Waals surface area contributed by atoms with Crippen molar-refractivity contribution < 1.29 is 22.6 Å². The monoisotopic (exact) mass is 655 g/mol. The van der Waals surface area contributed by atoms with Crippen molar-refractivity contribution in [3.63, 3.8) is 0 Å². The number of allylic oxidation sites excluding steroid dienone is 3. The number of nitrogens with zero attached hydrogens (tertiary/aromatic N) is 1. The average Bonchev–Trinajstić information content (AvgIpc) is 2.99. The van der Waals surface area contributed by atoms with Crippen molar-refractivity contribution in [1.29, 1.82) is 0 Å². The molecule has 5 nitrogen and oxygen atoms in total. The predicted octanol–water partition coefficient (Wildman–Crippen LogP) is 12.2. The molecule has 0 spiro atoms. The maximum Gasteiger partial charge on any atom is 0.267 e. The summed E-state index contributed by atoms with van der Waals surface area (Å²) in [5.41, 5.74) is 0. The van der Waals surface area contributed by atoms with E-state index in [1.165, 1.54) is 135 Å². The highest BCUT2D eigenvalue weighted by Gasteiger charge is 2.27. The standard InChI is InChI=1S/C39H75NO4S/c1-4-7-10-13-16-19-22-25-28-31-34-40(37-39(41)38-45(42,43)44,35-32-29-26-23-20-17-14-11-8-5-2)36-33-30-27-24-21-18-15-12-9-6-3/h31-36,39,41H,4-30,37-38H2,1-3H3/p+1/b34-31+,35-32+,36-33+. The van der Waals surface area contributed by atoms with Crippen LogP contribution >= 0.6 is 0 Å². The fourth-order valence-corrected chi connectivity index (χ4v) is 6.58. The van der Waals surface area contributed by atoms with Gasteiger partial charge in [0.25, 0.3) is 10.1 Å². The van der Waals surface area contributed by atoms with Crippen LogP contribution in [0.2, 0.25) is 0 Å². The van der Waals surface area contributed by atoms with E-state index in [1.54, 1.807) is 0 Å². The van der Waals surface area contributed by atoms with Crippen LogP contribution in [0.15, 0.2) is 36.8 Å². The molecule has 0 aromatic carbocycles. The molecule has 0 aliphatic rings. The third-order valence-electron chi connectivity index (χ3n) is 8.75.